The van der Waals surface area contributed by atoms with E-state index in [0.717, 1.165) is 10.7 Å². The molecular formula is C14H18N2O4S2. The minimum absolute atomic E-state index is 0.152. The molecule has 2 aromatic rings. The summed E-state index contributed by atoms with van der Waals surface area (Å²) >= 11 is 1.49. The molecule has 0 radical (unpaired) electrons. The zero-order valence-corrected chi connectivity index (χ0v) is 14.5. The van der Waals surface area contributed by atoms with Gasteiger partial charge < -0.3 is 9.47 Å². The van der Waals surface area contributed by atoms with Crippen LogP contribution in [-0.2, 0) is 16.6 Å². The van der Waals surface area contributed by atoms with Gasteiger partial charge in [0.1, 0.15) is 0 Å². The highest BCUT2D eigenvalue weighted by molar-refractivity contribution is 7.89. The molecular weight excluding hydrogens is 324 g/mol. The standard InChI is InChI=1S/C14H18N2O4S2/c1-10-15-11(9-21-10)8-16(2)22(17,18)12-5-6-13(19-3)14(7-12)20-4/h5-7,9H,8H2,1-4H3. The van der Waals surface area contributed by atoms with Gasteiger partial charge in [-0.1, -0.05) is 0 Å². The molecule has 1 aromatic heterocycles. The summed E-state index contributed by atoms with van der Waals surface area (Å²) in [6.45, 7) is 2.11. The molecule has 0 atom stereocenters. The molecule has 0 bridgehead atoms. The number of methoxy groups -OCH3 is 2. The smallest absolute Gasteiger partial charge is 0.243 e. The predicted octanol–water partition coefficient (Wildman–Crippen LogP) is 2.29. The van der Waals surface area contributed by atoms with Crippen LogP contribution in [0.15, 0.2) is 28.5 Å². The maximum Gasteiger partial charge on any atom is 0.243 e. The van der Waals surface area contributed by atoms with Gasteiger partial charge in [0.25, 0.3) is 0 Å². The average molecular weight is 342 g/mol. The Morgan fingerprint density at radius 1 is 1.23 bits per heavy atom. The molecule has 1 aromatic carbocycles. The van der Waals surface area contributed by atoms with Crippen molar-refractivity contribution in [3.05, 3.63) is 34.3 Å². The molecule has 120 valence electrons. The lowest BCUT2D eigenvalue weighted by atomic mass is 10.3. The molecule has 0 fully saturated rings. The Morgan fingerprint density at radius 3 is 2.45 bits per heavy atom. The number of hydrogen-bond donors (Lipinski definition) is 0. The van der Waals surface area contributed by atoms with Crippen molar-refractivity contribution in [2.24, 2.45) is 0 Å². The van der Waals surface area contributed by atoms with Gasteiger partial charge in [0, 0.05) is 18.5 Å². The van der Waals surface area contributed by atoms with E-state index >= 15 is 0 Å². The van der Waals surface area contributed by atoms with Crippen LogP contribution in [-0.4, -0.2) is 39.0 Å². The van der Waals surface area contributed by atoms with Crippen LogP contribution in [0.4, 0.5) is 0 Å². The summed E-state index contributed by atoms with van der Waals surface area (Å²) in [4.78, 5) is 4.44. The maximum atomic E-state index is 12.6. The monoisotopic (exact) mass is 342 g/mol. The molecule has 0 spiro atoms. The van der Waals surface area contributed by atoms with E-state index in [4.69, 9.17) is 9.47 Å². The van der Waals surface area contributed by atoms with Gasteiger partial charge in [-0.25, -0.2) is 13.4 Å². The summed E-state index contributed by atoms with van der Waals surface area (Å²) in [5.41, 5.74) is 0.731. The molecule has 2 rings (SSSR count). The molecule has 0 aliphatic heterocycles. The molecule has 22 heavy (non-hydrogen) atoms. The van der Waals surface area contributed by atoms with Crippen LogP contribution in [0.25, 0.3) is 0 Å². The summed E-state index contributed by atoms with van der Waals surface area (Å²) in [5.74, 6) is 0.862. The van der Waals surface area contributed by atoms with Crippen molar-refractivity contribution >= 4 is 21.4 Å². The van der Waals surface area contributed by atoms with Gasteiger partial charge in [-0.3, -0.25) is 0 Å². The van der Waals surface area contributed by atoms with E-state index in [1.165, 1.54) is 49.0 Å². The summed E-state index contributed by atoms with van der Waals surface area (Å²) in [6, 6.07) is 4.53. The Morgan fingerprint density at radius 2 is 1.91 bits per heavy atom. The fourth-order valence-corrected chi connectivity index (χ4v) is 3.71. The molecule has 1 heterocycles. The minimum Gasteiger partial charge on any atom is -0.493 e. The third-order valence-corrected chi connectivity index (χ3v) is 5.74. The Kier molecular flexibility index (Phi) is 5.05. The summed E-state index contributed by atoms with van der Waals surface area (Å²) < 4.78 is 36.8. The highest BCUT2D eigenvalue weighted by Gasteiger charge is 2.23. The molecule has 8 heteroatoms. The van der Waals surface area contributed by atoms with E-state index in [1.54, 1.807) is 6.07 Å². The first kappa shape index (κ1) is 16.7. The van der Waals surface area contributed by atoms with Crippen molar-refractivity contribution in [1.29, 1.82) is 0 Å². The summed E-state index contributed by atoms with van der Waals surface area (Å²) in [5, 5.41) is 2.77. The lowest BCUT2D eigenvalue weighted by Gasteiger charge is -2.17. The van der Waals surface area contributed by atoms with Crippen LogP contribution < -0.4 is 9.47 Å². The molecule has 0 N–H and O–H groups in total. The Hall–Kier alpha value is -1.64. The maximum absolute atomic E-state index is 12.6. The van der Waals surface area contributed by atoms with Crippen molar-refractivity contribution in [3.63, 3.8) is 0 Å². The quantitative estimate of drug-likeness (QED) is 0.806. The van der Waals surface area contributed by atoms with Crippen LogP contribution in [0, 0.1) is 6.92 Å². The molecule has 0 aliphatic carbocycles. The Labute approximate surface area is 134 Å². The van der Waals surface area contributed by atoms with Gasteiger partial charge in [-0.15, -0.1) is 11.3 Å². The van der Waals surface area contributed by atoms with E-state index in [2.05, 4.69) is 4.98 Å². The fraction of sp³-hybridized carbons (Fsp3) is 0.357. The predicted molar refractivity (Wildman–Crippen MR) is 85.0 cm³/mol. The molecule has 0 saturated heterocycles. The number of aromatic nitrogens is 1. The van der Waals surface area contributed by atoms with Crippen molar-refractivity contribution in [2.45, 2.75) is 18.4 Å². The number of hydrogen-bond acceptors (Lipinski definition) is 6. The van der Waals surface area contributed by atoms with E-state index < -0.39 is 10.0 Å². The van der Waals surface area contributed by atoms with Gasteiger partial charge in [0.15, 0.2) is 11.5 Å². The first-order valence-electron chi connectivity index (χ1n) is 6.48. The van der Waals surface area contributed by atoms with E-state index in [9.17, 15) is 8.42 Å². The number of ether oxygens (including phenoxy) is 2. The summed E-state index contributed by atoms with van der Waals surface area (Å²) in [7, 11) is 0.876. The second kappa shape index (κ2) is 6.64. The van der Waals surface area contributed by atoms with Crippen molar-refractivity contribution in [3.8, 4) is 11.5 Å². The van der Waals surface area contributed by atoms with Crippen LogP contribution >= 0.6 is 11.3 Å². The summed E-state index contributed by atoms with van der Waals surface area (Å²) in [6.07, 6.45) is 0. The van der Waals surface area contributed by atoms with Crippen molar-refractivity contribution in [2.75, 3.05) is 21.3 Å². The third-order valence-electron chi connectivity index (χ3n) is 3.11. The lowest BCUT2D eigenvalue weighted by Crippen LogP contribution is -2.26. The van der Waals surface area contributed by atoms with Crippen LogP contribution in [0.5, 0.6) is 11.5 Å². The number of thiazole rings is 1. The van der Waals surface area contributed by atoms with Crippen LogP contribution in [0.3, 0.4) is 0 Å². The number of benzene rings is 1. The molecule has 0 amide bonds. The largest absolute Gasteiger partial charge is 0.493 e. The number of nitrogens with zero attached hydrogens (tertiary/aromatic N) is 2. The molecule has 0 aliphatic rings. The number of aryl methyl sites for hydroxylation is 1. The SMILES string of the molecule is COc1ccc(S(=O)(=O)N(C)Cc2csc(C)n2)cc1OC. The first-order chi connectivity index (χ1) is 10.4. The second-order valence-corrected chi connectivity index (χ2v) is 7.74. The normalized spacial score (nSPS) is 11.7. The van der Waals surface area contributed by atoms with Gasteiger partial charge >= 0.3 is 0 Å². The topological polar surface area (TPSA) is 68.7 Å². The minimum atomic E-state index is -3.62. The van der Waals surface area contributed by atoms with Crippen molar-refractivity contribution in [1.82, 2.24) is 9.29 Å². The zero-order valence-electron chi connectivity index (χ0n) is 12.9. The lowest BCUT2D eigenvalue weighted by molar-refractivity contribution is 0.353. The molecule has 0 saturated carbocycles. The number of rotatable bonds is 6. The first-order valence-corrected chi connectivity index (χ1v) is 8.80. The van der Waals surface area contributed by atoms with Crippen LogP contribution in [0.2, 0.25) is 0 Å². The van der Waals surface area contributed by atoms with Gasteiger partial charge in [-0.2, -0.15) is 4.31 Å². The van der Waals surface area contributed by atoms with Gasteiger partial charge in [-0.05, 0) is 19.1 Å². The molecule has 6 nitrogen and oxygen atoms in total. The molecule has 0 unspecified atom stereocenters. The highest BCUT2D eigenvalue weighted by Crippen LogP contribution is 2.30. The van der Waals surface area contributed by atoms with E-state index in [-0.39, 0.29) is 11.4 Å². The Balaban J connectivity index is 2.29. The van der Waals surface area contributed by atoms with E-state index in [1.807, 2.05) is 12.3 Å². The third kappa shape index (κ3) is 3.40. The van der Waals surface area contributed by atoms with Crippen LogP contribution in [0.1, 0.15) is 10.7 Å². The van der Waals surface area contributed by atoms with Gasteiger partial charge in [0.05, 0.1) is 36.4 Å². The second-order valence-electron chi connectivity index (χ2n) is 4.64. The zero-order chi connectivity index (χ0) is 16.3. The van der Waals surface area contributed by atoms with E-state index in [0.29, 0.717) is 11.5 Å². The Bertz CT molecular complexity index is 756. The highest BCUT2D eigenvalue weighted by atomic mass is 32.2. The van der Waals surface area contributed by atoms with Crippen molar-refractivity contribution < 1.29 is 17.9 Å². The fourth-order valence-electron chi connectivity index (χ4n) is 1.95. The average Bonchev–Trinajstić information content (AvgIpc) is 2.91. The van der Waals surface area contributed by atoms with Gasteiger partial charge in [0.2, 0.25) is 10.0 Å². The number of sulfonamides is 1.